The van der Waals surface area contributed by atoms with E-state index < -0.39 is 0 Å². The number of unbranched alkanes of at least 4 members (excludes halogenated alkanes) is 18. The minimum atomic E-state index is 0.672. The first-order chi connectivity index (χ1) is 39.5. The van der Waals surface area contributed by atoms with Crippen molar-refractivity contribution in [1.29, 1.82) is 0 Å². The molecule has 0 aliphatic heterocycles. The normalized spacial score (nSPS) is 11.8. The maximum Gasteiger partial charge on any atom is 0.133 e. The van der Waals surface area contributed by atoms with E-state index in [1.54, 1.807) is 0 Å². The monoisotopic (exact) mass is 1170 g/mol. The predicted molar refractivity (Wildman–Crippen MR) is 352 cm³/mol. The van der Waals surface area contributed by atoms with Crippen molar-refractivity contribution in [3.63, 3.8) is 0 Å². The van der Waals surface area contributed by atoms with Crippen LogP contribution in [-0.4, -0.2) is 30.7 Å². The first-order valence-corrected chi connectivity index (χ1v) is 34.3. The Morgan fingerprint density at radius 3 is 1.21 bits per heavy atom. The van der Waals surface area contributed by atoms with E-state index in [0.717, 1.165) is 95.1 Å². The summed E-state index contributed by atoms with van der Waals surface area (Å²) < 4.78 is 36.7. The summed E-state index contributed by atoms with van der Waals surface area (Å²) in [7, 11) is 0. The van der Waals surface area contributed by atoms with E-state index in [4.69, 9.17) is 27.0 Å². The van der Waals surface area contributed by atoms with E-state index in [2.05, 4.69) is 137 Å². The lowest BCUT2D eigenvalue weighted by Gasteiger charge is -2.18. The van der Waals surface area contributed by atoms with Crippen LogP contribution in [0, 0.1) is 13.8 Å². The molecule has 0 spiro atoms. The molecule has 6 aromatic heterocycles. The van der Waals surface area contributed by atoms with Crippen molar-refractivity contribution in [2.24, 2.45) is 0 Å². The number of aromatic nitrogens is 4. The average molecular weight is 1170 g/mol. The van der Waals surface area contributed by atoms with Gasteiger partial charge in [0.05, 0.1) is 47.8 Å². The molecule has 80 heavy (non-hydrogen) atoms. The molecule has 0 atom stereocenters. The maximum atomic E-state index is 7.06. The number of benzene rings is 5. The maximum absolute atomic E-state index is 7.06. The molecule has 0 fully saturated rings. The zero-order chi connectivity index (χ0) is 54.6. The lowest BCUT2D eigenvalue weighted by molar-refractivity contribution is 0.304. The van der Waals surface area contributed by atoms with Crippen LogP contribution < -0.4 is 9.47 Å². The number of rotatable bonds is 30. The van der Waals surface area contributed by atoms with Crippen LogP contribution >= 0.6 is 68.8 Å². The molecule has 414 valence electrons. The fourth-order valence-electron chi connectivity index (χ4n) is 11.5. The van der Waals surface area contributed by atoms with Gasteiger partial charge < -0.3 is 9.47 Å². The SMILES string of the molecule is CCCCCCCCCCCCOc1c(C)c(-c2ccccc2)c2nsnc2c1-c1cc2cc3sc(-c4c(C)c(OCCCCCCCCCCCC)c(-c5ccc(-c6ccc(-c7ccccc7)s6)s5)c5nsnc45)cc3cc2s1. The Kier molecular flexibility index (Phi) is 19.5. The van der Waals surface area contributed by atoms with Crippen LogP contribution in [0.4, 0.5) is 0 Å². The highest BCUT2D eigenvalue weighted by Gasteiger charge is 2.28. The van der Waals surface area contributed by atoms with Crippen molar-refractivity contribution in [3.8, 4) is 74.1 Å². The highest BCUT2D eigenvalue weighted by molar-refractivity contribution is 7.25. The Morgan fingerprint density at radius 2 is 0.713 bits per heavy atom. The van der Waals surface area contributed by atoms with Crippen LogP contribution in [0.1, 0.15) is 153 Å². The van der Waals surface area contributed by atoms with Crippen molar-refractivity contribution < 1.29 is 9.47 Å². The Labute approximate surface area is 498 Å². The van der Waals surface area contributed by atoms with Gasteiger partial charge in [-0.2, -0.15) is 17.5 Å². The van der Waals surface area contributed by atoms with Gasteiger partial charge in [0.2, 0.25) is 0 Å². The standard InChI is InChI=1S/C68H74N4O2S6/c1-5-7-9-11-13-15-17-19-21-29-39-73-67-45(3)59(48-33-27-24-28-34-48)63-66(72-79-69-63)62(67)58-44-50-42-55-49(41-56(50)78-58)43-57(77-55)60-46(4)68(74-40-30-22-20-18-16-14-12-10-8-6-2)61(65-64(60)70-80-71-65)54-38-37-53(76-54)52-36-35-51(75-52)47-31-25-23-26-32-47/h23-28,31-38,41-44H,5-22,29-30,39-40H2,1-4H3. The molecule has 0 bridgehead atoms. The van der Waals surface area contributed by atoms with E-state index in [9.17, 15) is 0 Å². The number of nitrogens with zero attached hydrogens (tertiary/aromatic N) is 4. The van der Waals surface area contributed by atoms with Gasteiger partial charge in [-0.15, -0.1) is 45.3 Å². The largest absolute Gasteiger partial charge is 0.493 e. The molecule has 0 saturated heterocycles. The summed E-state index contributed by atoms with van der Waals surface area (Å²) in [6.45, 7) is 10.4. The minimum Gasteiger partial charge on any atom is -0.493 e. The van der Waals surface area contributed by atoms with Crippen molar-refractivity contribution in [2.75, 3.05) is 13.2 Å². The van der Waals surface area contributed by atoms with Crippen LogP contribution in [0.25, 0.3) is 105 Å². The minimum absolute atomic E-state index is 0.672. The van der Waals surface area contributed by atoms with Crippen LogP contribution in [0.5, 0.6) is 11.5 Å². The Balaban J connectivity index is 0.895. The summed E-state index contributed by atoms with van der Waals surface area (Å²) in [6, 6.07) is 39.9. The third-order valence-electron chi connectivity index (χ3n) is 15.8. The fraction of sp³-hybridized carbons (Fsp3) is 0.382. The molecule has 0 N–H and O–H groups in total. The first-order valence-electron chi connectivity index (χ1n) is 29.6. The Bertz CT molecular complexity index is 3720. The van der Waals surface area contributed by atoms with Crippen LogP contribution in [0.2, 0.25) is 0 Å². The van der Waals surface area contributed by atoms with Crippen LogP contribution in [0.3, 0.4) is 0 Å². The van der Waals surface area contributed by atoms with Crippen LogP contribution in [0.15, 0.2) is 109 Å². The van der Waals surface area contributed by atoms with Gasteiger partial charge in [-0.1, -0.05) is 190 Å². The zero-order valence-electron chi connectivity index (χ0n) is 47.0. The van der Waals surface area contributed by atoms with Gasteiger partial charge in [0.25, 0.3) is 0 Å². The van der Waals surface area contributed by atoms with E-state index in [1.807, 2.05) is 45.3 Å². The average Bonchev–Trinajstić information content (AvgIpc) is 4.53. The third-order valence-corrected chi connectivity index (χ3v) is 21.5. The second-order valence-corrected chi connectivity index (χ2v) is 27.0. The molecular formula is C68H74N4O2S6. The van der Waals surface area contributed by atoms with Gasteiger partial charge in [-0.05, 0) is 97.1 Å². The quantitative estimate of drug-likeness (QED) is 0.0418. The Morgan fingerprint density at radius 1 is 0.338 bits per heavy atom. The molecule has 0 amide bonds. The highest BCUT2D eigenvalue weighted by atomic mass is 32.1. The van der Waals surface area contributed by atoms with Crippen molar-refractivity contribution in [1.82, 2.24) is 17.5 Å². The van der Waals surface area contributed by atoms with Gasteiger partial charge >= 0.3 is 0 Å². The zero-order valence-corrected chi connectivity index (χ0v) is 51.9. The van der Waals surface area contributed by atoms with E-state index in [0.29, 0.717) is 13.2 Å². The van der Waals surface area contributed by atoms with Gasteiger partial charge in [0.1, 0.15) is 33.6 Å². The number of fused-ring (bicyclic) bond motifs is 4. The second-order valence-electron chi connectivity index (χ2n) is 21.6. The molecular weight excluding hydrogens is 1100 g/mol. The molecule has 0 aliphatic rings. The number of hydrogen-bond acceptors (Lipinski definition) is 12. The van der Waals surface area contributed by atoms with Crippen molar-refractivity contribution >= 4 is 111 Å². The lowest BCUT2D eigenvalue weighted by atomic mass is 9.94. The summed E-state index contributed by atoms with van der Waals surface area (Å²) >= 11 is 9.93. The molecule has 6 heterocycles. The lowest BCUT2D eigenvalue weighted by Crippen LogP contribution is -2.03. The number of hydrogen-bond donors (Lipinski definition) is 0. The van der Waals surface area contributed by atoms with Gasteiger partial charge in [-0.3, -0.25) is 0 Å². The molecule has 0 aliphatic carbocycles. The molecule has 12 heteroatoms. The fourth-order valence-corrected chi connectivity index (χ4v) is 17.1. The first kappa shape index (κ1) is 56.5. The summed E-state index contributed by atoms with van der Waals surface area (Å²) in [5.74, 6) is 1.87. The van der Waals surface area contributed by atoms with E-state index in [-0.39, 0.29) is 0 Å². The molecule has 0 radical (unpaired) electrons. The molecule has 0 unspecified atom stereocenters. The second kappa shape index (κ2) is 27.6. The number of thiophene rings is 4. The molecule has 11 rings (SSSR count). The van der Waals surface area contributed by atoms with Gasteiger partial charge in [0.15, 0.2) is 0 Å². The summed E-state index contributed by atoms with van der Waals surface area (Å²) in [5, 5.41) is 2.44. The summed E-state index contributed by atoms with van der Waals surface area (Å²) in [6.07, 6.45) is 25.8. The van der Waals surface area contributed by atoms with Crippen molar-refractivity contribution in [3.05, 3.63) is 120 Å². The number of ether oxygens (including phenoxy) is 2. The predicted octanol–water partition coefficient (Wildman–Crippen LogP) is 23.5. The third kappa shape index (κ3) is 12.8. The van der Waals surface area contributed by atoms with Gasteiger partial charge in [0, 0.05) is 60.9 Å². The molecule has 5 aromatic carbocycles. The smallest absolute Gasteiger partial charge is 0.133 e. The summed E-state index contributed by atoms with van der Waals surface area (Å²) in [4.78, 5) is 7.30. The topological polar surface area (TPSA) is 70.0 Å². The molecule has 11 aromatic rings. The van der Waals surface area contributed by atoms with Gasteiger partial charge in [-0.25, -0.2) is 0 Å². The van der Waals surface area contributed by atoms with Crippen LogP contribution in [-0.2, 0) is 0 Å². The highest BCUT2D eigenvalue weighted by Crippen LogP contribution is 2.53. The molecule has 6 nitrogen and oxygen atoms in total. The molecule has 0 saturated carbocycles. The van der Waals surface area contributed by atoms with Crippen molar-refractivity contribution in [2.45, 2.75) is 156 Å². The summed E-state index contributed by atoms with van der Waals surface area (Å²) in [5.41, 5.74) is 12.7. The van der Waals surface area contributed by atoms with E-state index >= 15 is 0 Å². The Hall–Kier alpha value is -5.34. The van der Waals surface area contributed by atoms with E-state index in [1.165, 1.54) is 184 Å².